The van der Waals surface area contributed by atoms with Gasteiger partial charge in [0.15, 0.2) is 4.96 Å². The second-order valence-corrected chi connectivity index (χ2v) is 5.72. The van der Waals surface area contributed by atoms with E-state index in [0.717, 1.165) is 10.7 Å². The van der Waals surface area contributed by atoms with E-state index in [1.807, 2.05) is 41.4 Å². The molecular weight excluding hydrogens is 273 g/mol. The van der Waals surface area contributed by atoms with Crippen LogP contribution in [0.15, 0.2) is 36.0 Å². The smallest absolute Gasteiger partial charge is 0.193 e. The molecule has 1 N–H and O–H groups in total. The average Bonchev–Trinajstić information content (AvgIpc) is 3.00. The van der Waals surface area contributed by atoms with Crippen molar-refractivity contribution in [3.8, 4) is 0 Å². The summed E-state index contributed by atoms with van der Waals surface area (Å²) in [6.07, 6.45) is 4.66. The Morgan fingerprint density at radius 2 is 2.30 bits per heavy atom. The molecular formula is C15H16FN3S. The van der Waals surface area contributed by atoms with E-state index in [1.165, 1.54) is 0 Å². The summed E-state index contributed by atoms with van der Waals surface area (Å²) in [5.41, 5.74) is 2.34. The minimum Gasteiger partial charge on any atom is -0.313 e. The van der Waals surface area contributed by atoms with Crippen molar-refractivity contribution >= 4 is 16.3 Å². The minimum absolute atomic E-state index is 0.0699. The molecule has 1 atom stereocenters. The van der Waals surface area contributed by atoms with Gasteiger partial charge in [-0.3, -0.25) is 4.40 Å². The maximum Gasteiger partial charge on any atom is 0.193 e. The van der Waals surface area contributed by atoms with Crippen LogP contribution in [0.5, 0.6) is 0 Å². The Hall–Kier alpha value is -1.72. The first kappa shape index (κ1) is 13.3. The largest absolute Gasteiger partial charge is 0.313 e. The Bertz CT molecular complexity index is 703. The minimum atomic E-state index is -0.132. The van der Waals surface area contributed by atoms with Gasteiger partial charge in [-0.15, -0.1) is 11.3 Å². The van der Waals surface area contributed by atoms with Crippen LogP contribution in [0.2, 0.25) is 0 Å². The summed E-state index contributed by atoms with van der Waals surface area (Å²) >= 11 is 1.60. The number of nitrogens with zero attached hydrogens (tertiary/aromatic N) is 2. The summed E-state index contributed by atoms with van der Waals surface area (Å²) in [7, 11) is 1.85. The van der Waals surface area contributed by atoms with Crippen molar-refractivity contribution in [1.29, 1.82) is 0 Å². The number of fused-ring (bicyclic) bond motifs is 1. The van der Waals surface area contributed by atoms with Crippen LogP contribution in [0.25, 0.3) is 4.96 Å². The quantitative estimate of drug-likeness (QED) is 0.798. The monoisotopic (exact) mass is 289 g/mol. The van der Waals surface area contributed by atoms with Gasteiger partial charge in [0.1, 0.15) is 5.82 Å². The molecule has 0 amide bonds. The lowest BCUT2D eigenvalue weighted by molar-refractivity contribution is 0.527. The molecule has 3 aromatic rings. The van der Waals surface area contributed by atoms with Gasteiger partial charge in [-0.05, 0) is 19.5 Å². The predicted molar refractivity (Wildman–Crippen MR) is 79.7 cm³/mol. The molecule has 0 saturated heterocycles. The number of nitrogens with one attached hydrogen (secondary N) is 1. The Morgan fingerprint density at radius 3 is 3.05 bits per heavy atom. The molecule has 0 saturated carbocycles. The number of imidazole rings is 1. The van der Waals surface area contributed by atoms with Crippen molar-refractivity contribution in [3.05, 3.63) is 58.6 Å². The van der Waals surface area contributed by atoms with E-state index >= 15 is 0 Å². The normalized spacial score (nSPS) is 12.9. The third-order valence-corrected chi connectivity index (χ3v) is 4.27. The van der Waals surface area contributed by atoms with Crippen LogP contribution in [-0.2, 0) is 6.42 Å². The van der Waals surface area contributed by atoms with Crippen molar-refractivity contribution in [2.24, 2.45) is 0 Å². The number of halogens is 1. The molecule has 0 bridgehead atoms. The maximum absolute atomic E-state index is 14.2. The highest BCUT2D eigenvalue weighted by Gasteiger charge is 2.17. The van der Waals surface area contributed by atoms with E-state index in [4.69, 9.17) is 0 Å². The number of rotatable bonds is 4. The van der Waals surface area contributed by atoms with Crippen molar-refractivity contribution in [2.75, 3.05) is 7.05 Å². The van der Waals surface area contributed by atoms with E-state index in [1.54, 1.807) is 24.3 Å². The number of thiazole rings is 1. The molecule has 20 heavy (non-hydrogen) atoms. The lowest BCUT2D eigenvalue weighted by Crippen LogP contribution is -2.20. The van der Waals surface area contributed by atoms with Crippen molar-refractivity contribution in [3.63, 3.8) is 0 Å². The molecule has 0 aliphatic rings. The second-order valence-electron chi connectivity index (χ2n) is 4.85. The zero-order valence-electron chi connectivity index (χ0n) is 11.4. The van der Waals surface area contributed by atoms with Gasteiger partial charge < -0.3 is 5.32 Å². The summed E-state index contributed by atoms with van der Waals surface area (Å²) < 4.78 is 16.2. The van der Waals surface area contributed by atoms with Gasteiger partial charge in [0.25, 0.3) is 0 Å². The van der Waals surface area contributed by atoms with E-state index in [9.17, 15) is 4.39 Å². The van der Waals surface area contributed by atoms with E-state index in [2.05, 4.69) is 10.3 Å². The molecule has 1 aromatic carbocycles. The summed E-state index contributed by atoms with van der Waals surface area (Å²) in [5.74, 6) is -0.132. The molecule has 1 unspecified atom stereocenters. The molecule has 0 aliphatic carbocycles. The van der Waals surface area contributed by atoms with Gasteiger partial charge in [0.05, 0.1) is 5.69 Å². The second kappa shape index (κ2) is 5.34. The van der Waals surface area contributed by atoms with Crippen LogP contribution >= 0.6 is 11.3 Å². The van der Waals surface area contributed by atoms with Gasteiger partial charge in [-0.25, -0.2) is 9.37 Å². The van der Waals surface area contributed by atoms with Crippen molar-refractivity contribution in [1.82, 2.24) is 14.7 Å². The number of aryl methyl sites for hydroxylation is 1. The number of likely N-dealkylation sites (N-methyl/N-ethyl adjacent to an activating group) is 1. The van der Waals surface area contributed by atoms with Gasteiger partial charge in [-0.1, -0.05) is 18.2 Å². The molecule has 3 nitrogen and oxygen atoms in total. The molecule has 0 fully saturated rings. The predicted octanol–water partition coefficient (Wildman–Crippen LogP) is 3.35. The van der Waals surface area contributed by atoms with Gasteiger partial charge >= 0.3 is 0 Å². The first-order valence-corrected chi connectivity index (χ1v) is 7.40. The summed E-state index contributed by atoms with van der Waals surface area (Å²) in [6, 6.07) is 5.45. The molecule has 3 rings (SSSR count). The first-order valence-electron chi connectivity index (χ1n) is 6.52. The highest BCUT2D eigenvalue weighted by atomic mass is 32.1. The number of hydrogen-bond acceptors (Lipinski definition) is 3. The van der Waals surface area contributed by atoms with Crippen LogP contribution in [-0.4, -0.2) is 16.4 Å². The number of benzene rings is 1. The lowest BCUT2D eigenvalue weighted by Gasteiger charge is -2.17. The van der Waals surface area contributed by atoms with Gasteiger partial charge in [0, 0.05) is 35.8 Å². The zero-order valence-corrected chi connectivity index (χ0v) is 12.2. The Labute approximate surface area is 121 Å². The van der Waals surface area contributed by atoms with Crippen molar-refractivity contribution < 1.29 is 4.39 Å². The molecule has 0 aliphatic heterocycles. The highest BCUT2D eigenvalue weighted by molar-refractivity contribution is 7.15. The van der Waals surface area contributed by atoms with Crippen LogP contribution in [0.1, 0.15) is 22.9 Å². The fourth-order valence-corrected chi connectivity index (χ4v) is 3.11. The SMILES string of the molecule is CNC(Cc1cn2ccsc2n1)c1cccc(C)c1F. The standard InChI is InChI=1S/C15H16FN3S/c1-10-4-3-5-12(14(10)16)13(17-2)8-11-9-19-6-7-20-15(19)18-11/h3-7,9,13,17H,8H2,1-2H3. The van der Waals surface area contributed by atoms with Gasteiger partial charge in [0.2, 0.25) is 0 Å². The summed E-state index contributed by atoms with van der Waals surface area (Å²) in [5, 5.41) is 5.19. The van der Waals surface area contributed by atoms with Gasteiger partial charge in [-0.2, -0.15) is 0 Å². The van der Waals surface area contributed by atoms with Crippen molar-refractivity contribution in [2.45, 2.75) is 19.4 Å². The maximum atomic E-state index is 14.2. The molecule has 2 heterocycles. The third-order valence-electron chi connectivity index (χ3n) is 3.50. The summed E-state index contributed by atoms with van der Waals surface area (Å²) in [6.45, 7) is 1.79. The molecule has 5 heteroatoms. The highest BCUT2D eigenvalue weighted by Crippen LogP contribution is 2.23. The Morgan fingerprint density at radius 1 is 1.45 bits per heavy atom. The van der Waals surface area contributed by atoms with E-state index in [0.29, 0.717) is 17.5 Å². The topological polar surface area (TPSA) is 29.3 Å². The van der Waals surface area contributed by atoms with E-state index in [-0.39, 0.29) is 11.9 Å². The third kappa shape index (κ3) is 2.34. The van der Waals surface area contributed by atoms with Crippen LogP contribution in [0, 0.1) is 12.7 Å². The molecule has 2 aromatic heterocycles. The summed E-state index contributed by atoms with van der Waals surface area (Å²) in [4.78, 5) is 5.53. The number of aromatic nitrogens is 2. The lowest BCUT2D eigenvalue weighted by atomic mass is 10.00. The molecule has 0 radical (unpaired) electrons. The Balaban J connectivity index is 1.90. The fraction of sp³-hybridized carbons (Fsp3) is 0.267. The zero-order chi connectivity index (χ0) is 14.1. The number of hydrogen-bond donors (Lipinski definition) is 1. The van der Waals surface area contributed by atoms with Crippen LogP contribution in [0.3, 0.4) is 0 Å². The van der Waals surface area contributed by atoms with Crippen LogP contribution < -0.4 is 5.32 Å². The first-order chi connectivity index (χ1) is 9.69. The van der Waals surface area contributed by atoms with E-state index < -0.39 is 0 Å². The van der Waals surface area contributed by atoms with Crippen LogP contribution in [0.4, 0.5) is 4.39 Å². The fourth-order valence-electron chi connectivity index (χ4n) is 2.39. The Kier molecular flexibility index (Phi) is 3.54. The molecule has 104 valence electrons. The average molecular weight is 289 g/mol. The molecule has 0 spiro atoms.